The highest BCUT2D eigenvalue weighted by atomic mass is 32.1. The Balaban J connectivity index is 3.16. The van der Waals surface area contributed by atoms with Crippen LogP contribution in [0.2, 0.25) is 0 Å². The van der Waals surface area contributed by atoms with Gasteiger partial charge in [0.15, 0.2) is 0 Å². The van der Waals surface area contributed by atoms with Crippen LogP contribution in [0.25, 0.3) is 0 Å². The predicted molar refractivity (Wildman–Crippen MR) is 90.1 cm³/mol. The maximum Gasteiger partial charge on any atom is 0.0540 e. The number of hydrogen-bond donors (Lipinski definition) is 2. The Morgan fingerprint density at radius 2 is 1.26 bits per heavy atom. The van der Waals surface area contributed by atoms with Crippen LogP contribution < -0.4 is 0 Å². The second-order valence-electron chi connectivity index (χ2n) is 5.91. The summed E-state index contributed by atoms with van der Waals surface area (Å²) in [6.07, 6.45) is 16.2. The molecule has 0 aromatic rings. The number of aliphatic hydroxyl groups is 1. The summed E-state index contributed by atoms with van der Waals surface area (Å²) >= 11 is 4.47. The summed E-state index contributed by atoms with van der Waals surface area (Å²) < 4.78 is 0. The minimum atomic E-state index is -0.0919. The Hall–Kier alpha value is 0.310. The Morgan fingerprint density at radius 3 is 1.79 bits per heavy atom. The average molecular weight is 289 g/mol. The van der Waals surface area contributed by atoms with Gasteiger partial charge in [0.1, 0.15) is 0 Å². The first-order valence-corrected chi connectivity index (χ1v) is 9.08. The third-order valence-corrected chi connectivity index (χ3v) is 4.57. The fourth-order valence-corrected chi connectivity index (χ4v) is 2.57. The lowest BCUT2D eigenvalue weighted by Crippen LogP contribution is -2.09. The minimum absolute atomic E-state index is 0.0919. The SMILES string of the molecule is CCCCCCCCCCCC(O)CCC(S)CC. The molecule has 1 N–H and O–H groups in total. The first-order chi connectivity index (χ1) is 9.20. The molecule has 0 aromatic heterocycles. The van der Waals surface area contributed by atoms with Gasteiger partial charge in [-0.15, -0.1) is 0 Å². The fraction of sp³-hybridized carbons (Fsp3) is 1.00. The van der Waals surface area contributed by atoms with E-state index in [-0.39, 0.29) is 6.10 Å². The molecule has 0 rings (SSSR count). The van der Waals surface area contributed by atoms with Crippen molar-refractivity contribution in [3.63, 3.8) is 0 Å². The standard InChI is InChI=1S/C17H36OS/c1-3-5-6-7-8-9-10-11-12-13-16(18)14-15-17(19)4-2/h16-19H,3-15H2,1-2H3. The van der Waals surface area contributed by atoms with Crippen LogP contribution >= 0.6 is 12.6 Å². The summed E-state index contributed by atoms with van der Waals surface area (Å²) in [7, 11) is 0. The van der Waals surface area contributed by atoms with Crippen LogP contribution in [-0.2, 0) is 0 Å². The molecule has 0 spiro atoms. The van der Waals surface area contributed by atoms with Crippen molar-refractivity contribution in [2.75, 3.05) is 0 Å². The van der Waals surface area contributed by atoms with Crippen LogP contribution in [0.1, 0.15) is 97.3 Å². The molecule has 2 heteroatoms. The Kier molecular flexibility index (Phi) is 15.0. The van der Waals surface area contributed by atoms with E-state index in [1.807, 2.05) is 0 Å². The fourth-order valence-electron chi connectivity index (χ4n) is 2.42. The first kappa shape index (κ1) is 19.3. The number of thiol groups is 1. The van der Waals surface area contributed by atoms with Gasteiger partial charge < -0.3 is 5.11 Å². The number of hydrogen-bond acceptors (Lipinski definition) is 2. The Labute approximate surface area is 127 Å². The Bertz CT molecular complexity index is 173. The van der Waals surface area contributed by atoms with Gasteiger partial charge in [-0.3, -0.25) is 0 Å². The van der Waals surface area contributed by atoms with E-state index in [1.54, 1.807) is 0 Å². The first-order valence-electron chi connectivity index (χ1n) is 8.56. The maximum atomic E-state index is 9.86. The van der Waals surface area contributed by atoms with Gasteiger partial charge in [0, 0.05) is 5.25 Å². The molecule has 0 saturated heterocycles. The highest BCUT2D eigenvalue weighted by molar-refractivity contribution is 7.80. The van der Waals surface area contributed by atoms with Crippen LogP contribution in [-0.4, -0.2) is 16.5 Å². The van der Waals surface area contributed by atoms with Crippen molar-refractivity contribution in [1.29, 1.82) is 0 Å². The maximum absolute atomic E-state index is 9.86. The van der Waals surface area contributed by atoms with Gasteiger partial charge in [-0.05, 0) is 25.7 Å². The van der Waals surface area contributed by atoms with Crippen molar-refractivity contribution < 1.29 is 5.11 Å². The summed E-state index contributed by atoms with van der Waals surface area (Å²) in [5.74, 6) is 0. The van der Waals surface area contributed by atoms with E-state index in [1.165, 1.54) is 57.8 Å². The van der Waals surface area contributed by atoms with E-state index in [4.69, 9.17) is 0 Å². The highest BCUT2D eigenvalue weighted by Crippen LogP contribution is 2.15. The van der Waals surface area contributed by atoms with Crippen LogP contribution in [0.5, 0.6) is 0 Å². The lowest BCUT2D eigenvalue weighted by atomic mass is 10.0. The second kappa shape index (κ2) is 14.7. The molecule has 0 saturated carbocycles. The van der Waals surface area contributed by atoms with Crippen LogP contribution in [0, 0.1) is 0 Å². The van der Waals surface area contributed by atoms with Crippen molar-refractivity contribution >= 4 is 12.6 Å². The van der Waals surface area contributed by atoms with E-state index in [0.29, 0.717) is 5.25 Å². The molecular formula is C17H36OS. The average Bonchev–Trinajstić information content (AvgIpc) is 2.42. The molecule has 0 bridgehead atoms. The van der Waals surface area contributed by atoms with Crippen molar-refractivity contribution in [3.8, 4) is 0 Å². The van der Waals surface area contributed by atoms with Crippen LogP contribution in [0.15, 0.2) is 0 Å². The van der Waals surface area contributed by atoms with Gasteiger partial charge in [0.25, 0.3) is 0 Å². The van der Waals surface area contributed by atoms with E-state index < -0.39 is 0 Å². The molecule has 19 heavy (non-hydrogen) atoms. The normalized spacial score (nSPS) is 14.5. The smallest absolute Gasteiger partial charge is 0.0540 e. The molecule has 0 heterocycles. The second-order valence-corrected chi connectivity index (χ2v) is 6.64. The molecule has 0 aliphatic heterocycles. The molecule has 2 unspecified atom stereocenters. The van der Waals surface area contributed by atoms with E-state index in [0.717, 1.165) is 25.7 Å². The molecule has 0 aromatic carbocycles. The largest absolute Gasteiger partial charge is 0.393 e. The highest BCUT2D eigenvalue weighted by Gasteiger charge is 2.07. The van der Waals surface area contributed by atoms with Crippen LogP contribution in [0.4, 0.5) is 0 Å². The molecule has 0 aliphatic carbocycles. The van der Waals surface area contributed by atoms with Crippen molar-refractivity contribution in [2.24, 2.45) is 0 Å². The number of rotatable bonds is 14. The van der Waals surface area contributed by atoms with Crippen molar-refractivity contribution in [2.45, 2.75) is 109 Å². The molecular weight excluding hydrogens is 252 g/mol. The molecule has 0 amide bonds. The van der Waals surface area contributed by atoms with Gasteiger partial charge >= 0.3 is 0 Å². The molecule has 0 aliphatic rings. The minimum Gasteiger partial charge on any atom is -0.393 e. The van der Waals surface area contributed by atoms with Crippen molar-refractivity contribution in [1.82, 2.24) is 0 Å². The lowest BCUT2D eigenvalue weighted by Gasteiger charge is -2.12. The molecule has 2 atom stereocenters. The van der Waals surface area contributed by atoms with E-state index in [2.05, 4.69) is 26.5 Å². The zero-order valence-corrected chi connectivity index (χ0v) is 14.1. The van der Waals surface area contributed by atoms with Gasteiger partial charge in [-0.1, -0.05) is 71.6 Å². The topological polar surface area (TPSA) is 20.2 Å². The zero-order chi connectivity index (χ0) is 14.3. The molecule has 0 fully saturated rings. The monoisotopic (exact) mass is 288 g/mol. The predicted octanol–water partition coefficient (Wildman–Crippen LogP) is 5.76. The third kappa shape index (κ3) is 14.5. The van der Waals surface area contributed by atoms with Gasteiger partial charge in [0.2, 0.25) is 0 Å². The number of aliphatic hydroxyl groups excluding tert-OH is 1. The van der Waals surface area contributed by atoms with E-state index >= 15 is 0 Å². The zero-order valence-electron chi connectivity index (χ0n) is 13.2. The molecule has 116 valence electrons. The summed E-state index contributed by atoms with van der Waals surface area (Å²) in [4.78, 5) is 0. The third-order valence-electron chi connectivity index (χ3n) is 3.95. The summed E-state index contributed by atoms with van der Waals surface area (Å²) in [6, 6.07) is 0. The Morgan fingerprint density at radius 1 is 0.737 bits per heavy atom. The van der Waals surface area contributed by atoms with Crippen molar-refractivity contribution in [3.05, 3.63) is 0 Å². The summed E-state index contributed by atoms with van der Waals surface area (Å²) in [6.45, 7) is 4.42. The van der Waals surface area contributed by atoms with Gasteiger partial charge in [-0.2, -0.15) is 12.6 Å². The quantitative estimate of drug-likeness (QED) is 0.308. The summed E-state index contributed by atoms with van der Waals surface area (Å²) in [5, 5.41) is 10.3. The molecule has 0 radical (unpaired) electrons. The summed E-state index contributed by atoms with van der Waals surface area (Å²) in [5.41, 5.74) is 0. The molecule has 1 nitrogen and oxygen atoms in total. The lowest BCUT2D eigenvalue weighted by molar-refractivity contribution is 0.148. The van der Waals surface area contributed by atoms with Gasteiger partial charge in [-0.25, -0.2) is 0 Å². The number of unbranched alkanes of at least 4 members (excludes halogenated alkanes) is 8. The van der Waals surface area contributed by atoms with E-state index in [9.17, 15) is 5.11 Å². The van der Waals surface area contributed by atoms with Gasteiger partial charge in [0.05, 0.1) is 6.10 Å². The van der Waals surface area contributed by atoms with Crippen LogP contribution in [0.3, 0.4) is 0 Å².